The number of piperazine rings is 1. The van der Waals surface area contributed by atoms with Gasteiger partial charge in [-0.1, -0.05) is 18.2 Å². The minimum Gasteiger partial charge on any atom is -0.492 e. The Kier molecular flexibility index (Phi) is 5.67. The van der Waals surface area contributed by atoms with Gasteiger partial charge in [0.05, 0.1) is 29.5 Å². The Morgan fingerprint density at radius 2 is 2.06 bits per heavy atom. The van der Waals surface area contributed by atoms with Crippen LogP contribution >= 0.6 is 11.6 Å². The van der Waals surface area contributed by atoms with Crippen LogP contribution in [0.5, 0.6) is 5.75 Å². The Morgan fingerprint density at radius 3 is 2.78 bits per heavy atom. The molecule has 36 heavy (non-hydrogen) atoms. The summed E-state index contributed by atoms with van der Waals surface area (Å²) in [5.41, 5.74) is 0.918. The molecule has 1 aromatic heterocycles. The van der Waals surface area contributed by atoms with E-state index in [0.717, 1.165) is 19.3 Å². The third-order valence-corrected chi connectivity index (χ3v) is 7.54. The molecule has 3 aliphatic rings. The number of benzene rings is 2. The molecule has 7 nitrogen and oxygen atoms in total. The lowest BCUT2D eigenvalue weighted by atomic mass is 10.1. The molecule has 1 amide bonds. The van der Waals surface area contributed by atoms with E-state index in [1.54, 1.807) is 23.1 Å². The van der Waals surface area contributed by atoms with Crippen molar-refractivity contribution in [2.75, 3.05) is 29.9 Å². The standard InChI is InChI=1S/C26H24ClF2N5O2/c1-2-23(35)34-11-15-7-16(34)10-33(15)21-8-17-20(9-18(21)28)30-13-31-26(17)32-19-5-6-22(24(27)25(19)29)36-12-14-3-4-14/h2,5-6,8-9,13-16H,1,3-4,7,10-12H2,(H,30,31,32)/t15-,16-/m0/s1. The maximum atomic E-state index is 15.2. The molecule has 3 aromatic rings. The van der Waals surface area contributed by atoms with Gasteiger partial charge in [0.2, 0.25) is 5.91 Å². The van der Waals surface area contributed by atoms with Crippen LogP contribution in [0.2, 0.25) is 5.02 Å². The van der Waals surface area contributed by atoms with Crippen LogP contribution in [0, 0.1) is 17.6 Å². The van der Waals surface area contributed by atoms with E-state index >= 15 is 8.78 Å². The Bertz CT molecular complexity index is 1380. The number of ether oxygens (including phenoxy) is 1. The van der Waals surface area contributed by atoms with Crippen LogP contribution in [0.15, 0.2) is 43.2 Å². The first-order valence-electron chi connectivity index (χ1n) is 11.9. The largest absolute Gasteiger partial charge is 0.492 e. The topological polar surface area (TPSA) is 70.6 Å². The summed E-state index contributed by atoms with van der Waals surface area (Å²) in [7, 11) is 0. The van der Waals surface area contributed by atoms with Crippen LogP contribution < -0.4 is 15.0 Å². The van der Waals surface area contributed by atoms with Crippen LogP contribution in [-0.4, -0.2) is 52.6 Å². The lowest BCUT2D eigenvalue weighted by molar-refractivity contribution is -0.127. The number of amides is 1. The lowest BCUT2D eigenvalue weighted by Gasteiger charge is -2.35. The van der Waals surface area contributed by atoms with Crippen molar-refractivity contribution in [3.63, 3.8) is 0 Å². The highest BCUT2D eigenvalue weighted by molar-refractivity contribution is 6.32. The number of carbonyl (C=O) groups is 1. The Balaban J connectivity index is 1.29. The van der Waals surface area contributed by atoms with Crippen molar-refractivity contribution in [3.05, 3.63) is 59.9 Å². The Labute approximate surface area is 211 Å². The number of carbonyl (C=O) groups excluding carboxylic acids is 1. The zero-order valence-corrected chi connectivity index (χ0v) is 20.1. The number of fused-ring (bicyclic) bond motifs is 3. The summed E-state index contributed by atoms with van der Waals surface area (Å²) in [5, 5.41) is 3.43. The van der Waals surface area contributed by atoms with E-state index in [0.29, 0.717) is 53.8 Å². The number of likely N-dealkylation sites (tertiary alicyclic amines) is 1. The van der Waals surface area contributed by atoms with Crippen molar-refractivity contribution in [2.45, 2.75) is 31.3 Å². The van der Waals surface area contributed by atoms with Crippen LogP contribution in [0.3, 0.4) is 0 Å². The summed E-state index contributed by atoms with van der Waals surface area (Å²) in [4.78, 5) is 24.3. The van der Waals surface area contributed by atoms with Crippen LogP contribution in [-0.2, 0) is 4.79 Å². The first-order valence-corrected chi connectivity index (χ1v) is 12.3. The maximum absolute atomic E-state index is 15.2. The molecule has 1 aliphatic carbocycles. The van der Waals surface area contributed by atoms with E-state index in [9.17, 15) is 4.79 Å². The van der Waals surface area contributed by atoms with Gasteiger partial charge < -0.3 is 19.9 Å². The van der Waals surface area contributed by atoms with Crippen molar-refractivity contribution in [3.8, 4) is 5.75 Å². The molecule has 2 aromatic carbocycles. The molecular formula is C26H24ClF2N5O2. The third kappa shape index (κ3) is 4.01. The smallest absolute Gasteiger partial charge is 0.246 e. The SMILES string of the molecule is C=CC(=O)N1C[C@@H]2C[C@H]1CN2c1cc2c(Nc3ccc(OCC4CC4)c(Cl)c3F)ncnc2cc1F. The zero-order valence-electron chi connectivity index (χ0n) is 19.4. The summed E-state index contributed by atoms with van der Waals surface area (Å²) in [6.07, 6.45) is 5.62. The molecule has 1 N–H and O–H groups in total. The Morgan fingerprint density at radius 1 is 1.22 bits per heavy atom. The molecule has 2 saturated heterocycles. The Hall–Kier alpha value is -3.46. The molecule has 2 atom stereocenters. The van der Waals surface area contributed by atoms with Gasteiger partial charge in [0.1, 0.15) is 28.7 Å². The van der Waals surface area contributed by atoms with Crippen LogP contribution in [0.4, 0.5) is 26.0 Å². The number of hydrogen-bond acceptors (Lipinski definition) is 6. The number of halogens is 3. The molecule has 2 aliphatic heterocycles. The maximum Gasteiger partial charge on any atom is 0.246 e. The predicted molar refractivity (Wildman–Crippen MR) is 134 cm³/mol. The fraction of sp³-hybridized carbons (Fsp3) is 0.346. The number of nitrogens with one attached hydrogen (secondary N) is 1. The molecule has 186 valence electrons. The van der Waals surface area contributed by atoms with E-state index in [4.69, 9.17) is 16.3 Å². The van der Waals surface area contributed by atoms with Crippen LogP contribution in [0.1, 0.15) is 19.3 Å². The first kappa shape index (κ1) is 23.0. The number of hydrogen-bond donors (Lipinski definition) is 1. The summed E-state index contributed by atoms with van der Waals surface area (Å²) in [5.74, 6) is -0.0196. The van der Waals surface area contributed by atoms with Crippen molar-refractivity contribution in [2.24, 2.45) is 5.92 Å². The molecule has 0 radical (unpaired) electrons. The second kappa shape index (κ2) is 8.89. The highest BCUT2D eigenvalue weighted by Gasteiger charge is 2.45. The van der Waals surface area contributed by atoms with E-state index in [1.807, 2.05) is 4.90 Å². The van der Waals surface area contributed by atoms with Gasteiger partial charge >= 0.3 is 0 Å². The summed E-state index contributed by atoms with van der Waals surface area (Å²) in [6.45, 7) is 5.13. The lowest BCUT2D eigenvalue weighted by Crippen LogP contribution is -2.48. The van der Waals surface area contributed by atoms with Gasteiger partial charge in [0.15, 0.2) is 5.82 Å². The van der Waals surface area contributed by atoms with Gasteiger partial charge in [-0.2, -0.15) is 0 Å². The molecule has 1 saturated carbocycles. The summed E-state index contributed by atoms with van der Waals surface area (Å²) < 4.78 is 35.9. The fourth-order valence-corrected chi connectivity index (χ4v) is 5.31. The molecule has 3 heterocycles. The third-order valence-electron chi connectivity index (χ3n) is 7.18. The van der Waals surface area contributed by atoms with Crippen molar-refractivity contribution < 1.29 is 18.3 Å². The molecule has 3 fully saturated rings. The van der Waals surface area contributed by atoms with Gasteiger partial charge in [-0.15, -0.1) is 0 Å². The van der Waals surface area contributed by atoms with Crippen molar-refractivity contribution >= 4 is 45.6 Å². The summed E-state index contributed by atoms with van der Waals surface area (Å²) in [6, 6.07) is 6.23. The number of nitrogens with zero attached hydrogens (tertiary/aromatic N) is 4. The monoisotopic (exact) mass is 511 g/mol. The average Bonchev–Trinajstić information content (AvgIpc) is 3.49. The quantitative estimate of drug-likeness (QED) is 0.447. The minimum absolute atomic E-state index is 0.00586. The van der Waals surface area contributed by atoms with Gasteiger partial charge in [-0.25, -0.2) is 18.7 Å². The number of aromatic nitrogens is 2. The average molecular weight is 512 g/mol. The van der Waals surface area contributed by atoms with Crippen LogP contribution in [0.25, 0.3) is 10.9 Å². The van der Waals surface area contributed by atoms with Crippen molar-refractivity contribution in [1.29, 1.82) is 0 Å². The first-order chi connectivity index (χ1) is 17.4. The van der Waals surface area contributed by atoms with Gasteiger partial charge in [-0.05, 0) is 49.5 Å². The second-order valence-corrected chi connectivity index (χ2v) is 9.93. The van der Waals surface area contributed by atoms with E-state index < -0.39 is 11.6 Å². The molecule has 0 unspecified atom stereocenters. The highest BCUT2D eigenvalue weighted by Crippen LogP contribution is 2.39. The van der Waals surface area contributed by atoms with Gasteiger partial charge in [-0.3, -0.25) is 4.79 Å². The van der Waals surface area contributed by atoms with Crippen molar-refractivity contribution in [1.82, 2.24) is 14.9 Å². The molecular weight excluding hydrogens is 488 g/mol. The predicted octanol–water partition coefficient (Wildman–Crippen LogP) is 5.07. The van der Waals surface area contributed by atoms with E-state index in [-0.39, 0.29) is 28.7 Å². The van der Waals surface area contributed by atoms with Gasteiger partial charge in [0, 0.05) is 30.6 Å². The normalized spacial score (nSPS) is 20.8. The molecule has 10 heteroatoms. The van der Waals surface area contributed by atoms with E-state index in [1.165, 1.54) is 18.5 Å². The number of anilines is 3. The molecule has 6 rings (SSSR count). The highest BCUT2D eigenvalue weighted by atomic mass is 35.5. The molecule has 2 bridgehead atoms. The van der Waals surface area contributed by atoms with E-state index in [2.05, 4.69) is 21.9 Å². The molecule has 0 spiro atoms. The number of rotatable bonds is 7. The van der Waals surface area contributed by atoms with Gasteiger partial charge in [0.25, 0.3) is 0 Å². The fourth-order valence-electron chi connectivity index (χ4n) is 5.09. The second-order valence-electron chi connectivity index (χ2n) is 9.55. The summed E-state index contributed by atoms with van der Waals surface area (Å²) >= 11 is 6.24. The minimum atomic E-state index is -0.650. The zero-order chi connectivity index (χ0) is 25.0.